The number of nitrogens with zero attached hydrogens (tertiary/aromatic N) is 3. The van der Waals surface area contributed by atoms with Gasteiger partial charge in [-0.2, -0.15) is 0 Å². The molecule has 7 nitrogen and oxygen atoms in total. The van der Waals surface area contributed by atoms with E-state index in [1.165, 1.54) is 17.6 Å². The number of aliphatic hydroxyl groups is 1. The van der Waals surface area contributed by atoms with Crippen molar-refractivity contribution in [3.05, 3.63) is 46.4 Å². The van der Waals surface area contributed by atoms with Crippen molar-refractivity contribution in [2.45, 2.75) is 110 Å². The minimum absolute atomic E-state index is 0.165. The molecule has 3 heterocycles. The highest BCUT2D eigenvalue weighted by atomic mass is 16.6. The van der Waals surface area contributed by atoms with E-state index in [2.05, 4.69) is 41.4 Å². The zero-order valence-corrected chi connectivity index (χ0v) is 22.8. The van der Waals surface area contributed by atoms with Crippen molar-refractivity contribution >= 4 is 17.5 Å². The average Bonchev–Trinajstić information content (AvgIpc) is 3.55. The number of allylic oxidation sites excluding steroid dienone is 6. The number of aliphatic hydroxyl groups excluding tert-OH is 1. The molecule has 200 valence electrons. The standard InChI is InChI=1S/C30H42N4O3/c1-5-22-12-11-21(16-23(22)6-2)13-14-30(24-9-7-8-10-24)18-26(35)25(28(36)37-30)17-27-32-29-31-19(3)15-20(4)34(29)33-27/h11,15-16,22,24,29,35H,5-10,12-14,17-18H2,1-4H3,(H,32,33)/t22?,29-,30?/m0/s1. The first-order valence-electron chi connectivity index (χ1n) is 14.2. The van der Waals surface area contributed by atoms with E-state index >= 15 is 0 Å². The lowest BCUT2D eigenvalue weighted by Crippen LogP contribution is -2.46. The van der Waals surface area contributed by atoms with Crippen LogP contribution in [0.1, 0.15) is 98.3 Å². The maximum absolute atomic E-state index is 13.4. The Balaban J connectivity index is 1.33. The van der Waals surface area contributed by atoms with E-state index in [4.69, 9.17) is 4.74 Å². The molecule has 3 atom stereocenters. The number of cyclic esters (lactones) is 1. The van der Waals surface area contributed by atoms with Crippen LogP contribution in [0.15, 0.2) is 56.4 Å². The number of esters is 1. The van der Waals surface area contributed by atoms with E-state index in [1.54, 1.807) is 0 Å². The van der Waals surface area contributed by atoms with Gasteiger partial charge in [0.1, 0.15) is 17.2 Å². The molecule has 2 aliphatic carbocycles. The van der Waals surface area contributed by atoms with Crippen molar-refractivity contribution in [2.75, 3.05) is 0 Å². The minimum Gasteiger partial charge on any atom is -0.512 e. The minimum atomic E-state index is -0.632. The van der Waals surface area contributed by atoms with E-state index in [0.29, 0.717) is 29.7 Å². The van der Waals surface area contributed by atoms with Gasteiger partial charge in [-0.1, -0.05) is 50.0 Å². The molecule has 0 bridgehead atoms. The Morgan fingerprint density at radius 1 is 1.19 bits per heavy atom. The van der Waals surface area contributed by atoms with Gasteiger partial charge >= 0.3 is 5.97 Å². The van der Waals surface area contributed by atoms with Crippen LogP contribution in [0.4, 0.5) is 0 Å². The highest BCUT2D eigenvalue weighted by Gasteiger charge is 2.48. The SMILES string of the molecule is CCC1=CC(CCC2(C3CCCC3)CC(O)=C(CC3=N[C@@H]4N=C(C)C=C(C)N4N3)C(=O)O2)=CCC1CC. The maximum Gasteiger partial charge on any atom is 0.338 e. The van der Waals surface area contributed by atoms with Crippen molar-refractivity contribution in [3.63, 3.8) is 0 Å². The number of ether oxygens (including phenoxy) is 1. The van der Waals surface area contributed by atoms with Crippen LogP contribution in [-0.4, -0.2) is 39.5 Å². The average molecular weight is 507 g/mol. The maximum atomic E-state index is 13.4. The second kappa shape index (κ2) is 10.5. The Morgan fingerprint density at radius 2 is 1.97 bits per heavy atom. The van der Waals surface area contributed by atoms with Crippen LogP contribution in [0.3, 0.4) is 0 Å². The summed E-state index contributed by atoms with van der Waals surface area (Å²) in [5.74, 6) is 1.34. The third kappa shape index (κ3) is 5.14. The fourth-order valence-electron chi connectivity index (χ4n) is 6.82. The Kier molecular flexibility index (Phi) is 7.32. The van der Waals surface area contributed by atoms with Gasteiger partial charge in [-0.05, 0) is 76.7 Å². The van der Waals surface area contributed by atoms with Crippen molar-refractivity contribution in [1.29, 1.82) is 0 Å². The number of carbonyl (C=O) groups is 1. The van der Waals surface area contributed by atoms with Crippen LogP contribution >= 0.6 is 0 Å². The Bertz CT molecular complexity index is 1120. The lowest BCUT2D eigenvalue weighted by molar-refractivity contribution is -0.167. The summed E-state index contributed by atoms with van der Waals surface area (Å²) in [5.41, 5.74) is 7.76. The molecule has 2 unspecified atom stereocenters. The van der Waals surface area contributed by atoms with Crippen LogP contribution in [0.25, 0.3) is 0 Å². The molecule has 0 saturated heterocycles. The number of fused-ring (bicyclic) bond motifs is 1. The number of aliphatic imine (C=N–C) groups is 2. The molecule has 5 aliphatic rings. The first kappa shape index (κ1) is 25.8. The molecule has 0 amide bonds. The summed E-state index contributed by atoms with van der Waals surface area (Å²) in [6.45, 7) is 8.46. The highest BCUT2D eigenvalue weighted by molar-refractivity contribution is 5.99. The molecule has 0 spiro atoms. The van der Waals surface area contributed by atoms with Gasteiger partial charge in [0, 0.05) is 24.3 Å². The predicted molar refractivity (Wildman–Crippen MR) is 147 cm³/mol. The molecule has 1 saturated carbocycles. The zero-order chi connectivity index (χ0) is 26.2. The third-order valence-corrected chi connectivity index (χ3v) is 8.97. The Hall–Kier alpha value is -2.83. The zero-order valence-electron chi connectivity index (χ0n) is 22.8. The fraction of sp³-hybridized carbons (Fsp3) is 0.633. The van der Waals surface area contributed by atoms with Gasteiger partial charge in [0.15, 0.2) is 0 Å². The number of carbonyl (C=O) groups excluding carboxylic acids is 1. The molecule has 0 aromatic rings. The number of amidine groups is 1. The normalized spacial score (nSPS) is 30.2. The van der Waals surface area contributed by atoms with Crippen molar-refractivity contribution < 1.29 is 14.6 Å². The first-order valence-corrected chi connectivity index (χ1v) is 14.2. The molecule has 0 radical (unpaired) electrons. The predicted octanol–water partition coefficient (Wildman–Crippen LogP) is 6.42. The smallest absolute Gasteiger partial charge is 0.338 e. The van der Waals surface area contributed by atoms with Gasteiger partial charge in [0.2, 0.25) is 6.29 Å². The fourth-order valence-corrected chi connectivity index (χ4v) is 6.82. The number of hydrogen-bond acceptors (Lipinski definition) is 7. The molecule has 0 aromatic carbocycles. The van der Waals surface area contributed by atoms with Crippen LogP contribution in [0.2, 0.25) is 0 Å². The van der Waals surface area contributed by atoms with Gasteiger partial charge < -0.3 is 9.84 Å². The second-order valence-electron chi connectivity index (χ2n) is 11.4. The molecule has 3 aliphatic heterocycles. The van der Waals surface area contributed by atoms with Gasteiger partial charge in [-0.25, -0.2) is 19.8 Å². The van der Waals surface area contributed by atoms with E-state index < -0.39 is 11.6 Å². The summed E-state index contributed by atoms with van der Waals surface area (Å²) in [4.78, 5) is 22.6. The number of hydrogen-bond donors (Lipinski definition) is 2. The summed E-state index contributed by atoms with van der Waals surface area (Å²) in [6.07, 6.45) is 16.4. The number of rotatable bonds is 8. The summed E-state index contributed by atoms with van der Waals surface area (Å²) in [7, 11) is 0. The topological polar surface area (TPSA) is 86.5 Å². The molecule has 1 fully saturated rings. The van der Waals surface area contributed by atoms with E-state index in [-0.39, 0.29) is 18.5 Å². The third-order valence-electron chi connectivity index (χ3n) is 8.97. The highest BCUT2D eigenvalue weighted by Crippen LogP contribution is 2.47. The van der Waals surface area contributed by atoms with Crippen LogP contribution in [0, 0.1) is 11.8 Å². The Morgan fingerprint density at radius 3 is 2.68 bits per heavy atom. The molecule has 5 rings (SSSR count). The van der Waals surface area contributed by atoms with E-state index in [0.717, 1.165) is 62.8 Å². The first-order chi connectivity index (χ1) is 17.8. The van der Waals surface area contributed by atoms with E-state index in [1.807, 2.05) is 24.9 Å². The van der Waals surface area contributed by atoms with Gasteiger partial charge in [-0.15, -0.1) is 0 Å². The lowest BCUT2D eigenvalue weighted by Gasteiger charge is -2.42. The molecule has 7 heteroatoms. The molecular formula is C30H42N4O3. The largest absolute Gasteiger partial charge is 0.512 e. The molecular weight excluding hydrogens is 464 g/mol. The van der Waals surface area contributed by atoms with E-state index in [9.17, 15) is 9.90 Å². The molecule has 37 heavy (non-hydrogen) atoms. The van der Waals surface area contributed by atoms with Crippen LogP contribution in [0.5, 0.6) is 0 Å². The van der Waals surface area contributed by atoms with Gasteiger partial charge in [0.25, 0.3) is 0 Å². The molecule has 0 aromatic heterocycles. The summed E-state index contributed by atoms with van der Waals surface area (Å²) < 4.78 is 6.35. The number of nitrogens with one attached hydrogen (secondary N) is 1. The molecule has 2 N–H and O–H groups in total. The van der Waals surface area contributed by atoms with Crippen molar-refractivity contribution in [2.24, 2.45) is 21.8 Å². The lowest BCUT2D eigenvalue weighted by atomic mass is 9.75. The quantitative estimate of drug-likeness (QED) is 0.371. The number of hydrazine groups is 1. The Labute approximate surface area is 221 Å². The summed E-state index contributed by atoms with van der Waals surface area (Å²) in [6, 6.07) is 0. The van der Waals surface area contributed by atoms with Crippen LogP contribution < -0.4 is 5.43 Å². The van der Waals surface area contributed by atoms with Gasteiger partial charge in [-0.3, -0.25) is 5.43 Å². The summed E-state index contributed by atoms with van der Waals surface area (Å²) >= 11 is 0. The van der Waals surface area contributed by atoms with Crippen molar-refractivity contribution in [1.82, 2.24) is 10.4 Å². The van der Waals surface area contributed by atoms with Crippen molar-refractivity contribution in [3.8, 4) is 0 Å². The second-order valence-corrected chi connectivity index (χ2v) is 11.4. The van der Waals surface area contributed by atoms with Gasteiger partial charge in [0.05, 0.1) is 5.57 Å². The summed E-state index contributed by atoms with van der Waals surface area (Å²) in [5, 5.41) is 13.1. The van der Waals surface area contributed by atoms with Crippen LogP contribution in [-0.2, 0) is 9.53 Å². The monoisotopic (exact) mass is 506 g/mol.